The number of anilines is 1. The Morgan fingerprint density at radius 2 is 2.17 bits per heavy atom. The summed E-state index contributed by atoms with van der Waals surface area (Å²) in [5, 5.41) is 2.94. The molecule has 2 rings (SSSR count). The molecular formula is C14H20N2O2. The number of hydrogen-bond donors (Lipinski definition) is 1. The second-order valence-electron chi connectivity index (χ2n) is 4.49. The Morgan fingerprint density at radius 1 is 1.39 bits per heavy atom. The van der Waals surface area contributed by atoms with Gasteiger partial charge in [0.15, 0.2) is 0 Å². The Morgan fingerprint density at radius 3 is 2.89 bits per heavy atom. The number of carbonyl (C=O) groups excluding carboxylic acids is 1. The monoisotopic (exact) mass is 248 g/mol. The smallest absolute Gasteiger partial charge is 0.238 e. The maximum absolute atomic E-state index is 11.9. The number of amides is 1. The van der Waals surface area contributed by atoms with Gasteiger partial charge in [0.05, 0.1) is 19.8 Å². The van der Waals surface area contributed by atoms with Gasteiger partial charge in [0.1, 0.15) is 0 Å². The Kier molecular flexibility index (Phi) is 4.73. The molecule has 1 fully saturated rings. The number of nitrogens with zero attached hydrogens (tertiary/aromatic N) is 1. The average Bonchev–Trinajstić information content (AvgIpc) is 2.40. The summed E-state index contributed by atoms with van der Waals surface area (Å²) in [5.74, 6) is 0.0464. The number of nitrogens with one attached hydrogen (secondary N) is 1. The quantitative estimate of drug-likeness (QED) is 0.878. The van der Waals surface area contributed by atoms with Crippen LogP contribution in [0.15, 0.2) is 24.3 Å². The van der Waals surface area contributed by atoms with Gasteiger partial charge < -0.3 is 10.1 Å². The van der Waals surface area contributed by atoms with Crippen LogP contribution in [0.25, 0.3) is 0 Å². The average molecular weight is 248 g/mol. The van der Waals surface area contributed by atoms with Gasteiger partial charge in [-0.3, -0.25) is 9.69 Å². The van der Waals surface area contributed by atoms with Crippen molar-refractivity contribution in [1.82, 2.24) is 4.90 Å². The van der Waals surface area contributed by atoms with E-state index in [1.807, 2.05) is 18.2 Å². The van der Waals surface area contributed by atoms with Gasteiger partial charge in [0.2, 0.25) is 5.91 Å². The Labute approximate surface area is 108 Å². The summed E-state index contributed by atoms with van der Waals surface area (Å²) in [6, 6.07) is 7.99. The van der Waals surface area contributed by atoms with Crippen LogP contribution in [0.3, 0.4) is 0 Å². The lowest BCUT2D eigenvalue weighted by molar-refractivity contribution is -0.118. The molecule has 1 aromatic carbocycles. The first-order chi connectivity index (χ1) is 8.78. The summed E-state index contributed by atoms with van der Waals surface area (Å²) >= 11 is 0. The molecular weight excluding hydrogens is 228 g/mol. The maximum Gasteiger partial charge on any atom is 0.238 e. The van der Waals surface area contributed by atoms with Crippen molar-refractivity contribution in [3.63, 3.8) is 0 Å². The highest BCUT2D eigenvalue weighted by atomic mass is 16.5. The van der Waals surface area contributed by atoms with E-state index in [0.717, 1.165) is 38.4 Å². The van der Waals surface area contributed by atoms with Crippen molar-refractivity contribution in [3.8, 4) is 0 Å². The van der Waals surface area contributed by atoms with E-state index in [0.29, 0.717) is 6.54 Å². The summed E-state index contributed by atoms with van der Waals surface area (Å²) in [7, 11) is 0. The zero-order valence-electron chi connectivity index (χ0n) is 10.8. The van der Waals surface area contributed by atoms with Gasteiger partial charge in [-0.15, -0.1) is 0 Å². The lowest BCUT2D eigenvalue weighted by Crippen LogP contribution is -2.41. The van der Waals surface area contributed by atoms with Crippen molar-refractivity contribution in [1.29, 1.82) is 0 Å². The van der Waals surface area contributed by atoms with Crippen LogP contribution >= 0.6 is 0 Å². The second-order valence-corrected chi connectivity index (χ2v) is 4.49. The van der Waals surface area contributed by atoms with Gasteiger partial charge in [-0.2, -0.15) is 0 Å². The van der Waals surface area contributed by atoms with E-state index in [1.54, 1.807) is 0 Å². The number of ether oxygens (including phenoxy) is 1. The van der Waals surface area contributed by atoms with E-state index < -0.39 is 0 Å². The topological polar surface area (TPSA) is 41.6 Å². The minimum absolute atomic E-state index is 0.0464. The van der Waals surface area contributed by atoms with E-state index in [2.05, 4.69) is 23.2 Å². The fourth-order valence-electron chi connectivity index (χ4n) is 2.03. The van der Waals surface area contributed by atoms with E-state index >= 15 is 0 Å². The van der Waals surface area contributed by atoms with Crippen LogP contribution in [0.5, 0.6) is 0 Å². The standard InChI is InChI=1S/C14H20N2O2/c1-2-12-4-3-5-13(10-12)15-14(17)11-16-6-8-18-9-7-16/h3-5,10H,2,6-9,11H2,1H3,(H,15,17). The summed E-state index contributed by atoms with van der Waals surface area (Å²) in [4.78, 5) is 14.0. The highest BCUT2D eigenvalue weighted by molar-refractivity contribution is 5.92. The van der Waals surface area contributed by atoms with Crippen LogP contribution in [0.4, 0.5) is 5.69 Å². The number of benzene rings is 1. The third-order valence-corrected chi connectivity index (χ3v) is 3.09. The number of rotatable bonds is 4. The fourth-order valence-corrected chi connectivity index (χ4v) is 2.03. The molecule has 0 unspecified atom stereocenters. The van der Waals surface area contributed by atoms with Gasteiger partial charge in [-0.05, 0) is 24.1 Å². The molecule has 0 saturated carbocycles. The normalized spacial score (nSPS) is 16.5. The predicted molar refractivity (Wildman–Crippen MR) is 71.7 cm³/mol. The Bertz CT molecular complexity index is 401. The van der Waals surface area contributed by atoms with Crippen LogP contribution in [-0.4, -0.2) is 43.7 Å². The molecule has 0 radical (unpaired) electrons. The molecule has 0 atom stereocenters. The molecule has 0 spiro atoms. The van der Waals surface area contributed by atoms with Gasteiger partial charge in [-0.25, -0.2) is 0 Å². The van der Waals surface area contributed by atoms with Gasteiger partial charge in [0.25, 0.3) is 0 Å². The number of carbonyl (C=O) groups is 1. The molecule has 1 aromatic rings. The lowest BCUT2D eigenvalue weighted by Gasteiger charge is -2.25. The first-order valence-electron chi connectivity index (χ1n) is 6.47. The summed E-state index contributed by atoms with van der Waals surface area (Å²) in [6.45, 7) is 5.66. The summed E-state index contributed by atoms with van der Waals surface area (Å²) < 4.78 is 5.26. The van der Waals surface area contributed by atoms with E-state index in [-0.39, 0.29) is 5.91 Å². The highest BCUT2D eigenvalue weighted by Gasteiger charge is 2.14. The number of morpholine rings is 1. The van der Waals surface area contributed by atoms with Gasteiger partial charge >= 0.3 is 0 Å². The maximum atomic E-state index is 11.9. The van der Waals surface area contributed by atoms with E-state index in [4.69, 9.17) is 4.74 Å². The molecule has 4 heteroatoms. The van der Waals surface area contributed by atoms with E-state index in [9.17, 15) is 4.79 Å². The minimum atomic E-state index is 0.0464. The summed E-state index contributed by atoms with van der Waals surface area (Å²) in [6.07, 6.45) is 0.979. The van der Waals surface area contributed by atoms with E-state index in [1.165, 1.54) is 5.56 Å². The van der Waals surface area contributed by atoms with Crippen LogP contribution in [0, 0.1) is 0 Å². The third-order valence-electron chi connectivity index (χ3n) is 3.09. The number of aryl methyl sites for hydroxylation is 1. The zero-order chi connectivity index (χ0) is 12.8. The van der Waals surface area contributed by atoms with Crippen molar-refractivity contribution < 1.29 is 9.53 Å². The molecule has 1 aliphatic rings. The van der Waals surface area contributed by atoms with Crippen molar-refractivity contribution in [2.45, 2.75) is 13.3 Å². The van der Waals surface area contributed by atoms with Gasteiger partial charge in [-0.1, -0.05) is 19.1 Å². The van der Waals surface area contributed by atoms with Gasteiger partial charge in [0, 0.05) is 18.8 Å². The molecule has 0 aliphatic carbocycles. The molecule has 1 N–H and O–H groups in total. The molecule has 0 aromatic heterocycles. The van der Waals surface area contributed by atoms with Crippen molar-refractivity contribution in [2.75, 3.05) is 38.2 Å². The lowest BCUT2D eigenvalue weighted by atomic mass is 10.1. The molecule has 1 heterocycles. The molecule has 98 valence electrons. The molecule has 18 heavy (non-hydrogen) atoms. The van der Waals surface area contributed by atoms with Crippen molar-refractivity contribution in [3.05, 3.63) is 29.8 Å². The van der Waals surface area contributed by atoms with Crippen LogP contribution in [-0.2, 0) is 16.0 Å². The fraction of sp³-hybridized carbons (Fsp3) is 0.500. The van der Waals surface area contributed by atoms with Crippen LogP contribution in [0.1, 0.15) is 12.5 Å². The molecule has 4 nitrogen and oxygen atoms in total. The molecule has 1 saturated heterocycles. The molecule has 0 bridgehead atoms. The highest BCUT2D eigenvalue weighted by Crippen LogP contribution is 2.11. The van der Waals surface area contributed by atoms with Crippen LogP contribution in [0.2, 0.25) is 0 Å². The third kappa shape index (κ3) is 3.82. The number of hydrogen-bond acceptors (Lipinski definition) is 3. The molecule has 1 aliphatic heterocycles. The first kappa shape index (κ1) is 13.1. The van der Waals surface area contributed by atoms with Crippen molar-refractivity contribution >= 4 is 11.6 Å². The predicted octanol–water partition coefficient (Wildman–Crippen LogP) is 1.52. The first-order valence-corrected chi connectivity index (χ1v) is 6.47. The zero-order valence-corrected chi connectivity index (χ0v) is 10.8. The summed E-state index contributed by atoms with van der Waals surface area (Å²) in [5.41, 5.74) is 2.12. The molecule has 1 amide bonds. The van der Waals surface area contributed by atoms with Crippen molar-refractivity contribution in [2.24, 2.45) is 0 Å². The van der Waals surface area contributed by atoms with Crippen LogP contribution < -0.4 is 5.32 Å². The SMILES string of the molecule is CCc1cccc(NC(=O)CN2CCOCC2)c1. The minimum Gasteiger partial charge on any atom is -0.379 e. The largest absolute Gasteiger partial charge is 0.379 e. The Balaban J connectivity index is 1.85. The Hall–Kier alpha value is -1.39. The second kappa shape index (κ2) is 6.52.